The van der Waals surface area contributed by atoms with Crippen molar-refractivity contribution in [2.75, 3.05) is 11.1 Å². The number of halogens is 2. The summed E-state index contributed by atoms with van der Waals surface area (Å²) < 4.78 is 0. The molecule has 0 aliphatic heterocycles. The molecule has 0 aliphatic rings. The molecule has 0 atom stereocenters. The third-order valence-corrected chi connectivity index (χ3v) is 3.00. The van der Waals surface area contributed by atoms with Crippen LogP contribution in [0.15, 0.2) is 36.4 Å². The van der Waals surface area contributed by atoms with Crippen molar-refractivity contribution < 1.29 is 4.92 Å². The van der Waals surface area contributed by atoms with Crippen LogP contribution in [0.5, 0.6) is 0 Å². The summed E-state index contributed by atoms with van der Waals surface area (Å²) in [5.41, 5.74) is 6.73. The van der Waals surface area contributed by atoms with E-state index < -0.39 is 4.92 Å². The number of nitrogens with zero attached hydrogens (tertiary/aromatic N) is 1. The summed E-state index contributed by atoms with van der Waals surface area (Å²) in [6, 6.07) is 9.32. The second-order valence-electron chi connectivity index (χ2n) is 3.78. The van der Waals surface area contributed by atoms with Crippen molar-refractivity contribution in [1.29, 1.82) is 0 Å². The van der Waals surface area contributed by atoms with Crippen molar-refractivity contribution in [3.63, 3.8) is 0 Å². The number of benzene rings is 2. The third-order valence-electron chi connectivity index (χ3n) is 2.43. The standard InChI is InChI=1S/C12H9Cl2N3O2/c13-7-1-3-9(14)11(5-7)16-8-2-4-12(17(18)19)10(15)6-8/h1-6,16H,15H2. The summed E-state index contributed by atoms with van der Waals surface area (Å²) in [5, 5.41) is 14.7. The van der Waals surface area contributed by atoms with Crippen LogP contribution in [0.1, 0.15) is 0 Å². The van der Waals surface area contributed by atoms with E-state index in [1.54, 1.807) is 24.3 Å². The van der Waals surface area contributed by atoms with Crippen molar-refractivity contribution in [3.05, 3.63) is 56.6 Å². The van der Waals surface area contributed by atoms with Gasteiger partial charge in [-0.1, -0.05) is 23.2 Å². The van der Waals surface area contributed by atoms with E-state index in [1.807, 2.05) is 0 Å². The van der Waals surface area contributed by atoms with Crippen LogP contribution < -0.4 is 11.1 Å². The number of anilines is 3. The predicted octanol–water partition coefficient (Wildman–Crippen LogP) is 4.23. The Bertz CT molecular complexity index is 647. The van der Waals surface area contributed by atoms with Crippen LogP contribution in [0, 0.1) is 10.1 Å². The number of nitrogens with two attached hydrogens (primary N) is 1. The summed E-state index contributed by atoms with van der Waals surface area (Å²) in [7, 11) is 0. The van der Waals surface area contributed by atoms with Crippen molar-refractivity contribution in [2.45, 2.75) is 0 Å². The van der Waals surface area contributed by atoms with Gasteiger partial charge in [0, 0.05) is 16.8 Å². The number of nitro benzene ring substituents is 1. The first-order valence-corrected chi connectivity index (χ1v) is 5.99. The van der Waals surface area contributed by atoms with Gasteiger partial charge >= 0.3 is 0 Å². The highest BCUT2D eigenvalue weighted by molar-refractivity contribution is 6.35. The van der Waals surface area contributed by atoms with E-state index in [-0.39, 0.29) is 11.4 Å². The van der Waals surface area contributed by atoms with Crippen LogP contribution in [-0.2, 0) is 0 Å². The second-order valence-corrected chi connectivity index (χ2v) is 4.62. The number of rotatable bonds is 3. The number of hydrogen-bond donors (Lipinski definition) is 2. The molecule has 0 unspecified atom stereocenters. The first-order chi connectivity index (χ1) is 8.97. The highest BCUT2D eigenvalue weighted by atomic mass is 35.5. The largest absolute Gasteiger partial charge is 0.393 e. The monoisotopic (exact) mass is 297 g/mol. The van der Waals surface area contributed by atoms with Crippen molar-refractivity contribution in [3.8, 4) is 0 Å². The van der Waals surface area contributed by atoms with Gasteiger partial charge in [0.25, 0.3) is 5.69 Å². The maximum absolute atomic E-state index is 10.7. The van der Waals surface area contributed by atoms with Gasteiger partial charge in [-0.05, 0) is 30.3 Å². The fraction of sp³-hybridized carbons (Fsp3) is 0. The van der Waals surface area contributed by atoms with Crippen LogP contribution in [-0.4, -0.2) is 4.92 Å². The fourth-order valence-corrected chi connectivity index (χ4v) is 1.88. The lowest BCUT2D eigenvalue weighted by Crippen LogP contribution is -1.98. The van der Waals surface area contributed by atoms with Crippen LogP contribution >= 0.6 is 23.2 Å². The maximum Gasteiger partial charge on any atom is 0.292 e. The molecule has 0 radical (unpaired) electrons. The zero-order valence-electron chi connectivity index (χ0n) is 9.56. The Labute approximate surface area is 119 Å². The minimum absolute atomic E-state index is 0.0770. The van der Waals surface area contributed by atoms with E-state index >= 15 is 0 Å². The van der Waals surface area contributed by atoms with Crippen molar-refractivity contribution in [1.82, 2.24) is 0 Å². The lowest BCUT2D eigenvalue weighted by atomic mass is 10.2. The highest BCUT2D eigenvalue weighted by Gasteiger charge is 2.11. The quantitative estimate of drug-likeness (QED) is 0.505. The molecule has 0 heterocycles. The van der Waals surface area contributed by atoms with E-state index in [0.29, 0.717) is 21.4 Å². The molecule has 2 aromatic carbocycles. The molecule has 0 fully saturated rings. The number of hydrogen-bond acceptors (Lipinski definition) is 4. The van der Waals surface area contributed by atoms with E-state index in [1.165, 1.54) is 12.1 Å². The first kappa shape index (κ1) is 13.5. The van der Waals surface area contributed by atoms with Gasteiger partial charge in [0.1, 0.15) is 5.69 Å². The molecule has 0 bridgehead atoms. The number of nitrogens with one attached hydrogen (secondary N) is 1. The van der Waals surface area contributed by atoms with Gasteiger partial charge in [-0.3, -0.25) is 10.1 Å². The van der Waals surface area contributed by atoms with Gasteiger partial charge in [-0.25, -0.2) is 0 Å². The van der Waals surface area contributed by atoms with Crippen LogP contribution in [0.2, 0.25) is 10.0 Å². The molecule has 0 aromatic heterocycles. The van der Waals surface area contributed by atoms with Gasteiger partial charge in [-0.2, -0.15) is 0 Å². The maximum atomic E-state index is 10.7. The first-order valence-electron chi connectivity index (χ1n) is 5.23. The third kappa shape index (κ3) is 3.07. The fourth-order valence-electron chi connectivity index (χ4n) is 1.55. The molecule has 0 saturated carbocycles. The van der Waals surface area contributed by atoms with E-state index in [2.05, 4.69) is 5.32 Å². The SMILES string of the molecule is Nc1cc(Nc2cc(Cl)ccc2Cl)ccc1[N+](=O)[O-]. The predicted molar refractivity (Wildman–Crippen MR) is 77.3 cm³/mol. The normalized spacial score (nSPS) is 10.2. The summed E-state index contributed by atoms with van der Waals surface area (Å²) in [6.07, 6.45) is 0. The van der Waals surface area contributed by atoms with Gasteiger partial charge < -0.3 is 11.1 Å². The molecule has 19 heavy (non-hydrogen) atoms. The minimum Gasteiger partial charge on any atom is -0.393 e. The molecular formula is C12H9Cl2N3O2. The van der Waals surface area contributed by atoms with Gasteiger partial charge in [0.05, 0.1) is 15.6 Å². The Morgan fingerprint density at radius 1 is 1.16 bits per heavy atom. The highest BCUT2D eigenvalue weighted by Crippen LogP contribution is 2.31. The Balaban J connectivity index is 2.31. The van der Waals surface area contributed by atoms with Gasteiger partial charge in [-0.15, -0.1) is 0 Å². The molecule has 2 rings (SSSR count). The molecule has 98 valence electrons. The molecule has 0 saturated heterocycles. The summed E-state index contributed by atoms with van der Waals surface area (Å²) in [6.45, 7) is 0. The number of nitro groups is 1. The zero-order valence-corrected chi connectivity index (χ0v) is 11.1. The lowest BCUT2D eigenvalue weighted by Gasteiger charge is -2.09. The van der Waals surface area contributed by atoms with Gasteiger partial charge in [0.15, 0.2) is 0 Å². The van der Waals surface area contributed by atoms with Crippen molar-refractivity contribution in [2.24, 2.45) is 0 Å². The van der Waals surface area contributed by atoms with E-state index in [9.17, 15) is 10.1 Å². The molecule has 7 heteroatoms. The molecule has 2 aromatic rings. The summed E-state index contributed by atoms with van der Waals surface area (Å²) in [5.74, 6) is 0. The number of nitrogen functional groups attached to an aromatic ring is 1. The molecule has 0 amide bonds. The topological polar surface area (TPSA) is 81.2 Å². The Morgan fingerprint density at radius 3 is 2.53 bits per heavy atom. The average molecular weight is 298 g/mol. The van der Waals surface area contributed by atoms with Crippen LogP contribution in [0.3, 0.4) is 0 Å². The Morgan fingerprint density at radius 2 is 1.89 bits per heavy atom. The lowest BCUT2D eigenvalue weighted by molar-refractivity contribution is -0.383. The Kier molecular flexibility index (Phi) is 3.78. The summed E-state index contributed by atoms with van der Waals surface area (Å²) in [4.78, 5) is 10.1. The Hall–Kier alpha value is -1.98. The molecule has 0 aliphatic carbocycles. The van der Waals surface area contributed by atoms with Gasteiger partial charge in [0.2, 0.25) is 0 Å². The molecule has 3 N–H and O–H groups in total. The van der Waals surface area contributed by atoms with E-state index in [0.717, 1.165) is 0 Å². The van der Waals surface area contributed by atoms with Crippen LogP contribution in [0.4, 0.5) is 22.7 Å². The average Bonchev–Trinajstić information content (AvgIpc) is 2.33. The smallest absolute Gasteiger partial charge is 0.292 e. The van der Waals surface area contributed by atoms with E-state index in [4.69, 9.17) is 28.9 Å². The molecule has 5 nitrogen and oxygen atoms in total. The minimum atomic E-state index is -0.536. The second kappa shape index (κ2) is 5.34. The molecule has 0 spiro atoms. The van der Waals surface area contributed by atoms with Crippen molar-refractivity contribution >= 4 is 46.0 Å². The zero-order chi connectivity index (χ0) is 14.0. The molecular weight excluding hydrogens is 289 g/mol. The summed E-state index contributed by atoms with van der Waals surface area (Å²) >= 11 is 11.9. The van der Waals surface area contributed by atoms with Crippen LogP contribution in [0.25, 0.3) is 0 Å².